The molecule has 2 saturated heterocycles. The monoisotopic (exact) mass is 575 g/mol. The van der Waals surface area contributed by atoms with Crippen LogP contribution < -0.4 is 16.0 Å². The summed E-state index contributed by atoms with van der Waals surface area (Å²) in [7, 11) is 0. The van der Waals surface area contributed by atoms with Crippen LogP contribution in [0.3, 0.4) is 0 Å². The minimum Gasteiger partial charge on any atom is -0.379 e. The highest BCUT2D eigenvalue weighted by Gasteiger charge is 2.56. The van der Waals surface area contributed by atoms with Crippen molar-refractivity contribution in [2.24, 2.45) is 28.9 Å². The number of rotatable bonds is 8. The number of carbonyl (C=O) groups excluding carboxylic acids is 3. The zero-order chi connectivity index (χ0) is 30.3. The lowest BCUT2D eigenvalue weighted by molar-refractivity contribution is -0.135. The van der Waals surface area contributed by atoms with E-state index in [1.54, 1.807) is 0 Å². The van der Waals surface area contributed by atoms with Crippen LogP contribution in [0.2, 0.25) is 0 Å². The third-order valence-electron chi connectivity index (χ3n) is 10.9. The summed E-state index contributed by atoms with van der Waals surface area (Å²) in [5.74, 6) is 1.33. The van der Waals surface area contributed by atoms with Crippen molar-refractivity contribution in [3.8, 4) is 0 Å². The van der Waals surface area contributed by atoms with Crippen LogP contribution in [0.15, 0.2) is 40.6 Å². The molecule has 0 aromatic heterocycles. The van der Waals surface area contributed by atoms with Gasteiger partial charge in [-0.2, -0.15) is 0 Å². The number of amides is 3. The van der Waals surface area contributed by atoms with Crippen LogP contribution in [0.1, 0.15) is 64.5 Å². The number of nitrogens with one attached hydrogen (secondary N) is 1. The summed E-state index contributed by atoms with van der Waals surface area (Å²) >= 11 is 0. The number of piperidine rings is 1. The quantitative estimate of drug-likeness (QED) is 0.458. The van der Waals surface area contributed by atoms with Gasteiger partial charge in [0.05, 0.1) is 6.54 Å². The lowest BCUT2D eigenvalue weighted by Gasteiger charge is -2.38. The highest BCUT2D eigenvalue weighted by Crippen LogP contribution is 2.61. The highest BCUT2D eigenvalue weighted by atomic mass is 16.2. The van der Waals surface area contributed by atoms with E-state index in [1.165, 1.54) is 16.8 Å². The maximum atomic E-state index is 14.1. The fourth-order valence-corrected chi connectivity index (χ4v) is 7.25. The van der Waals surface area contributed by atoms with Crippen molar-refractivity contribution in [1.29, 1.82) is 0 Å². The van der Waals surface area contributed by atoms with Crippen LogP contribution in [-0.2, 0) is 14.4 Å². The first-order chi connectivity index (χ1) is 20.0. The number of benzene rings is 1. The zero-order valence-corrected chi connectivity index (χ0v) is 26.4. The average molecular weight is 576 g/mol. The minimum atomic E-state index is -0.555. The summed E-state index contributed by atoms with van der Waals surface area (Å²) in [6.07, 6.45) is 2.86. The molecule has 2 heterocycles. The lowest BCUT2D eigenvalue weighted by Crippen LogP contribution is -2.51. The number of primary amides is 1. The number of allylic oxidation sites excluding steroid dienone is 2. The number of hydrogen-bond acceptors (Lipinski definition) is 5. The van der Waals surface area contributed by atoms with Gasteiger partial charge in [0.15, 0.2) is 0 Å². The minimum absolute atomic E-state index is 0.0591. The van der Waals surface area contributed by atoms with Crippen molar-refractivity contribution in [2.75, 3.05) is 50.7 Å². The number of anilines is 1. The van der Waals surface area contributed by atoms with Crippen molar-refractivity contribution in [2.45, 2.75) is 67.2 Å². The first kappa shape index (κ1) is 30.2. The molecule has 5 rings (SSSR count). The molecule has 3 amide bonds. The number of hydrogen-bond donors (Lipinski definition) is 2. The average Bonchev–Trinajstić information content (AvgIpc) is 3.44. The maximum absolute atomic E-state index is 14.1. The second-order valence-corrected chi connectivity index (χ2v) is 13.3. The van der Waals surface area contributed by atoms with E-state index in [0.29, 0.717) is 56.8 Å². The molecular formula is C34H49N5O3. The second kappa shape index (κ2) is 11.8. The van der Waals surface area contributed by atoms with E-state index in [9.17, 15) is 14.4 Å². The van der Waals surface area contributed by atoms with Crippen LogP contribution in [0.5, 0.6) is 0 Å². The Morgan fingerprint density at radius 3 is 2.31 bits per heavy atom. The van der Waals surface area contributed by atoms with Crippen LogP contribution in [0, 0.1) is 37.0 Å². The normalized spacial score (nSPS) is 25.7. The molecule has 0 bridgehead atoms. The smallest absolute Gasteiger partial charge is 0.254 e. The first-order valence-corrected chi connectivity index (χ1v) is 15.8. The fraction of sp³-hybridized carbons (Fsp3) is 0.618. The Morgan fingerprint density at radius 2 is 1.69 bits per heavy atom. The van der Waals surface area contributed by atoms with Gasteiger partial charge in [0.1, 0.15) is 0 Å². The van der Waals surface area contributed by atoms with E-state index < -0.39 is 5.41 Å². The van der Waals surface area contributed by atoms with Crippen molar-refractivity contribution in [3.63, 3.8) is 0 Å². The molecule has 3 fully saturated rings. The molecule has 1 aromatic carbocycles. The number of piperazine rings is 1. The predicted octanol–water partition coefficient (Wildman–Crippen LogP) is 3.92. The fourth-order valence-electron chi connectivity index (χ4n) is 7.25. The molecule has 42 heavy (non-hydrogen) atoms. The van der Waals surface area contributed by atoms with Crippen LogP contribution in [0.4, 0.5) is 5.69 Å². The van der Waals surface area contributed by atoms with Gasteiger partial charge in [-0.1, -0.05) is 38.5 Å². The molecule has 0 spiro atoms. The van der Waals surface area contributed by atoms with Crippen molar-refractivity contribution >= 4 is 23.4 Å². The molecule has 1 aromatic rings. The van der Waals surface area contributed by atoms with Gasteiger partial charge in [-0.25, -0.2) is 0 Å². The molecule has 0 radical (unpaired) electrons. The molecule has 2 unspecified atom stereocenters. The van der Waals surface area contributed by atoms with E-state index in [2.05, 4.69) is 63.0 Å². The maximum Gasteiger partial charge on any atom is 0.254 e. The van der Waals surface area contributed by atoms with Gasteiger partial charge >= 0.3 is 0 Å². The number of nitrogens with zero attached hydrogens (tertiary/aromatic N) is 3. The summed E-state index contributed by atoms with van der Waals surface area (Å²) in [4.78, 5) is 45.7. The summed E-state index contributed by atoms with van der Waals surface area (Å²) in [6.45, 7) is 17.0. The van der Waals surface area contributed by atoms with Gasteiger partial charge in [0, 0.05) is 61.6 Å². The van der Waals surface area contributed by atoms with E-state index in [4.69, 9.17) is 5.73 Å². The SMILES string of the molecule is CC/C(C)=C(\C(=O)N1CCC(C)(C(N)=O)CC1)C1=C(NCC(=O)N2CCN(c3cccc(C)c3C)CC2)CC2C1[C@@H]2C. The van der Waals surface area contributed by atoms with Crippen LogP contribution >= 0.6 is 0 Å². The second-order valence-electron chi connectivity index (χ2n) is 13.3. The Balaban J connectivity index is 1.27. The summed E-state index contributed by atoms with van der Waals surface area (Å²) in [5, 5.41) is 3.52. The molecule has 3 atom stereocenters. The third-order valence-corrected chi connectivity index (χ3v) is 10.9. The molecule has 8 heteroatoms. The van der Waals surface area contributed by atoms with Crippen molar-refractivity contribution < 1.29 is 14.4 Å². The number of nitrogens with two attached hydrogens (primary N) is 1. The van der Waals surface area contributed by atoms with Crippen LogP contribution in [-0.4, -0.2) is 73.3 Å². The molecule has 228 valence electrons. The molecular weight excluding hydrogens is 526 g/mol. The van der Waals surface area contributed by atoms with Gasteiger partial charge in [0.2, 0.25) is 11.8 Å². The topological polar surface area (TPSA) is 99.0 Å². The van der Waals surface area contributed by atoms with Crippen LogP contribution in [0.25, 0.3) is 0 Å². The Bertz CT molecular complexity index is 1310. The Morgan fingerprint density at radius 1 is 1.02 bits per heavy atom. The number of carbonyl (C=O) groups is 3. The van der Waals surface area contributed by atoms with Crippen molar-refractivity contribution in [1.82, 2.24) is 15.1 Å². The number of aryl methyl sites for hydroxylation is 1. The molecule has 1 saturated carbocycles. The van der Waals surface area contributed by atoms with Gasteiger partial charge in [-0.3, -0.25) is 14.4 Å². The summed E-state index contributed by atoms with van der Waals surface area (Å²) in [6, 6.07) is 6.42. The number of fused-ring (bicyclic) bond motifs is 1. The molecule has 3 N–H and O–H groups in total. The van der Waals surface area contributed by atoms with E-state index in [1.807, 2.05) is 16.7 Å². The van der Waals surface area contributed by atoms with Gasteiger partial charge in [-0.15, -0.1) is 0 Å². The lowest BCUT2D eigenvalue weighted by atomic mass is 9.79. The Kier molecular flexibility index (Phi) is 8.46. The Labute approximate surface area is 251 Å². The number of likely N-dealkylation sites (tertiary alicyclic amines) is 1. The summed E-state index contributed by atoms with van der Waals surface area (Å²) in [5.41, 5.74) is 13.1. The standard InChI is InChI=1S/C34H49N5O3/c1-7-21(2)29(32(41)39-13-11-34(6,12-14-39)33(35)42)31-26(19-25-24(5)30(25)31)36-20-28(40)38-17-15-37(16-18-38)27-10-8-9-22(3)23(27)4/h8-10,24-25,30,36H,7,11-20H2,1-6H3,(H2,35,42)/b29-21-/t24-,25?,30?/m1/s1. The predicted molar refractivity (Wildman–Crippen MR) is 167 cm³/mol. The van der Waals surface area contributed by atoms with Gasteiger partial charge in [0.25, 0.3) is 5.91 Å². The Hall–Kier alpha value is -3.29. The molecule has 2 aliphatic carbocycles. The third kappa shape index (κ3) is 5.57. The van der Waals surface area contributed by atoms with E-state index >= 15 is 0 Å². The highest BCUT2D eigenvalue weighted by molar-refractivity contribution is 5.99. The van der Waals surface area contributed by atoms with E-state index in [0.717, 1.165) is 48.3 Å². The molecule has 4 aliphatic rings. The van der Waals surface area contributed by atoms with Gasteiger partial charge in [-0.05, 0) is 87.0 Å². The zero-order valence-electron chi connectivity index (χ0n) is 26.4. The van der Waals surface area contributed by atoms with Crippen molar-refractivity contribution in [3.05, 3.63) is 51.7 Å². The largest absolute Gasteiger partial charge is 0.379 e. The van der Waals surface area contributed by atoms with E-state index in [-0.39, 0.29) is 24.3 Å². The first-order valence-electron chi connectivity index (χ1n) is 15.8. The van der Waals surface area contributed by atoms with Gasteiger partial charge < -0.3 is 25.8 Å². The molecule has 2 aliphatic heterocycles. The summed E-state index contributed by atoms with van der Waals surface area (Å²) < 4.78 is 0. The molecule has 8 nitrogen and oxygen atoms in total.